The van der Waals surface area contributed by atoms with Crippen LogP contribution in [0.1, 0.15) is 0 Å². The van der Waals surface area contributed by atoms with E-state index < -0.39 is 18.1 Å². The van der Waals surface area contributed by atoms with Crippen molar-refractivity contribution in [1.82, 2.24) is 5.32 Å². The maximum Gasteiger partial charge on any atom is 0.334 e. The van der Waals surface area contributed by atoms with Gasteiger partial charge in [-0.3, -0.25) is 0 Å². The average Bonchev–Trinajstić information content (AvgIpc) is 2.29. The number of benzene rings is 1. The number of anilines is 1. The number of hydrogen-bond acceptors (Lipinski definition) is 3. The number of halogens is 1. The predicted molar refractivity (Wildman–Crippen MR) is 62.1 cm³/mol. The first kappa shape index (κ1) is 13.3. The van der Waals surface area contributed by atoms with Gasteiger partial charge in [0.25, 0.3) is 0 Å². The zero-order valence-electron chi connectivity index (χ0n) is 8.68. The highest BCUT2D eigenvalue weighted by Crippen LogP contribution is 2.19. The highest BCUT2D eigenvalue weighted by Gasteiger charge is 2.14. The molecule has 0 saturated heterocycles. The van der Waals surface area contributed by atoms with Crippen LogP contribution < -0.4 is 10.6 Å². The Hall–Kier alpha value is -1.79. The van der Waals surface area contributed by atoms with E-state index in [9.17, 15) is 9.59 Å². The summed E-state index contributed by atoms with van der Waals surface area (Å²) in [5, 5.41) is 22.3. The molecule has 0 fully saturated rings. The fraction of sp³-hybridized carbons (Fsp3) is 0.200. The maximum atomic E-state index is 11.3. The van der Waals surface area contributed by atoms with Crippen LogP contribution in [0.2, 0.25) is 5.02 Å². The number of rotatable bonds is 4. The van der Waals surface area contributed by atoms with E-state index in [1.165, 1.54) is 0 Å². The number of carbonyl (C=O) groups excluding carboxylic acids is 1. The molecule has 0 aromatic heterocycles. The van der Waals surface area contributed by atoms with Crippen LogP contribution in [0.5, 0.6) is 0 Å². The van der Waals surface area contributed by atoms with Crippen molar-refractivity contribution in [3.8, 4) is 0 Å². The minimum atomic E-state index is -1.63. The molecule has 7 heteroatoms. The van der Waals surface area contributed by atoms with Crippen molar-refractivity contribution in [2.75, 3.05) is 11.9 Å². The van der Waals surface area contributed by atoms with E-state index >= 15 is 0 Å². The van der Waals surface area contributed by atoms with Crippen LogP contribution in [-0.2, 0) is 4.79 Å². The number of aliphatic carboxylic acids is 1. The minimum absolute atomic E-state index is 0.362. The van der Waals surface area contributed by atoms with E-state index in [0.717, 1.165) is 0 Å². The van der Waals surface area contributed by atoms with Crippen molar-refractivity contribution < 1.29 is 19.8 Å². The second kappa shape index (κ2) is 6.07. The van der Waals surface area contributed by atoms with E-state index in [4.69, 9.17) is 21.8 Å². The molecule has 0 saturated carbocycles. The standard InChI is InChI=1S/C10H11ClN2O4/c11-6-3-1-2-4-7(6)13-10(17)12-5-8(14)9(15)16/h1-4,8,14H,5H2,(H,15,16)(H2,12,13,17). The molecule has 0 aliphatic carbocycles. The molecule has 0 heterocycles. The van der Waals surface area contributed by atoms with Crippen LogP contribution in [0.25, 0.3) is 0 Å². The number of aliphatic hydroxyl groups excluding tert-OH is 1. The Balaban J connectivity index is 2.46. The molecule has 6 nitrogen and oxygen atoms in total. The third-order valence-corrected chi connectivity index (χ3v) is 2.19. The monoisotopic (exact) mass is 258 g/mol. The number of carboxylic acid groups (broad SMARTS) is 1. The van der Waals surface area contributed by atoms with E-state index in [2.05, 4.69) is 10.6 Å². The molecule has 17 heavy (non-hydrogen) atoms. The Labute approximate surface area is 102 Å². The first-order chi connectivity index (χ1) is 8.00. The summed E-state index contributed by atoms with van der Waals surface area (Å²) in [7, 11) is 0. The second-order valence-electron chi connectivity index (χ2n) is 3.17. The van der Waals surface area contributed by atoms with Gasteiger partial charge in [-0.2, -0.15) is 0 Å². The number of hydrogen-bond donors (Lipinski definition) is 4. The summed E-state index contributed by atoms with van der Waals surface area (Å²) < 4.78 is 0. The number of carbonyl (C=O) groups is 2. The number of carboxylic acids is 1. The number of aliphatic hydroxyl groups is 1. The molecule has 2 amide bonds. The van der Waals surface area contributed by atoms with E-state index in [1.807, 2.05) is 0 Å². The van der Waals surface area contributed by atoms with Crippen LogP contribution >= 0.6 is 11.6 Å². The second-order valence-corrected chi connectivity index (χ2v) is 3.58. The number of para-hydroxylation sites is 1. The fourth-order valence-corrected chi connectivity index (χ4v) is 1.19. The zero-order chi connectivity index (χ0) is 12.8. The number of urea groups is 1. The topological polar surface area (TPSA) is 98.7 Å². The molecule has 0 spiro atoms. The molecular formula is C10H11ClN2O4. The SMILES string of the molecule is O=C(NCC(O)C(=O)O)Nc1ccccc1Cl. The van der Waals surface area contributed by atoms with Gasteiger partial charge in [-0.15, -0.1) is 0 Å². The molecule has 1 rings (SSSR count). The highest BCUT2D eigenvalue weighted by atomic mass is 35.5. The Morgan fingerprint density at radius 2 is 2.00 bits per heavy atom. The van der Waals surface area contributed by atoms with Gasteiger partial charge in [0.05, 0.1) is 17.3 Å². The Bertz CT molecular complexity index is 425. The van der Waals surface area contributed by atoms with Crippen LogP contribution in [0.15, 0.2) is 24.3 Å². The average molecular weight is 259 g/mol. The Morgan fingerprint density at radius 1 is 1.35 bits per heavy atom. The third kappa shape index (κ3) is 4.29. The molecule has 92 valence electrons. The molecule has 1 aromatic carbocycles. The minimum Gasteiger partial charge on any atom is -0.479 e. The molecule has 0 radical (unpaired) electrons. The van der Waals surface area contributed by atoms with Crippen LogP contribution in [0, 0.1) is 0 Å². The van der Waals surface area contributed by atoms with Gasteiger partial charge in [0.1, 0.15) is 0 Å². The number of amides is 2. The first-order valence-corrected chi connectivity index (χ1v) is 5.08. The molecule has 1 atom stereocenters. The lowest BCUT2D eigenvalue weighted by Crippen LogP contribution is -2.38. The van der Waals surface area contributed by atoms with Gasteiger partial charge in [0.15, 0.2) is 6.10 Å². The van der Waals surface area contributed by atoms with Crippen molar-refractivity contribution in [3.63, 3.8) is 0 Å². The smallest absolute Gasteiger partial charge is 0.334 e. The van der Waals surface area contributed by atoms with Gasteiger partial charge in [0, 0.05) is 0 Å². The van der Waals surface area contributed by atoms with Crippen molar-refractivity contribution in [1.29, 1.82) is 0 Å². The highest BCUT2D eigenvalue weighted by molar-refractivity contribution is 6.33. The molecule has 0 aliphatic heterocycles. The molecule has 0 aliphatic rings. The van der Waals surface area contributed by atoms with Gasteiger partial charge in [-0.05, 0) is 12.1 Å². The molecule has 1 aromatic rings. The van der Waals surface area contributed by atoms with Gasteiger partial charge < -0.3 is 20.8 Å². The fourth-order valence-electron chi connectivity index (χ4n) is 1.01. The molecular weight excluding hydrogens is 248 g/mol. The van der Waals surface area contributed by atoms with Gasteiger partial charge >= 0.3 is 12.0 Å². The lowest BCUT2D eigenvalue weighted by Gasteiger charge is -2.10. The van der Waals surface area contributed by atoms with Crippen molar-refractivity contribution >= 4 is 29.3 Å². The van der Waals surface area contributed by atoms with Crippen LogP contribution in [0.3, 0.4) is 0 Å². The zero-order valence-corrected chi connectivity index (χ0v) is 9.44. The van der Waals surface area contributed by atoms with E-state index in [1.54, 1.807) is 24.3 Å². The van der Waals surface area contributed by atoms with Gasteiger partial charge in [0.2, 0.25) is 0 Å². The third-order valence-electron chi connectivity index (χ3n) is 1.86. The summed E-state index contributed by atoms with van der Waals surface area (Å²) in [6.45, 7) is -0.383. The summed E-state index contributed by atoms with van der Waals surface area (Å²) in [5.41, 5.74) is 0.400. The lowest BCUT2D eigenvalue weighted by molar-refractivity contribution is -0.146. The largest absolute Gasteiger partial charge is 0.479 e. The van der Waals surface area contributed by atoms with Crippen molar-refractivity contribution in [2.24, 2.45) is 0 Å². The lowest BCUT2D eigenvalue weighted by atomic mass is 10.3. The summed E-state index contributed by atoms with van der Waals surface area (Å²) >= 11 is 5.80. The van der Waals surface area contributed by atoms with E-state index in [0.29, 0.717) is 10.7 Å². The summed E-state index contributed by atoms with van der Waals surface area (Å²) in [6, 6.07) is 5.95. The van der Waals surface area contributed by atoms with Crippen molar-refractivity contribution in [3.05, 3.63) is 29.3 Å². The van der Waals surface area contributed by atoms with Gasteiger partial charge in [-0.25, -0.2) is 9.59 Å². The molecule has 0 bridgehead atoms. The van der Waals surface area contributed by atoms with Gasteiger partial charge in [-0.1, -0.05) is 23.7 Å². The Morgan fingerprint density at radius 3 is 2.59 bits per heavy atom. The summed E-state index contributed by atoms with van der Waals surface area (Å²) in [6.07, 6.45) is -1.63. The molecule has 1 unspecified atom stereocenters. The van der Waals surface area contributed by atoms with Crippen LogP contribution in [-0.4, -0.2) is 34.9 Å². The number of nitrogens with one attached hydrogen (secondary N) is 2. The maximum absolute atomic E-state index is 11.3. The quantitative estimate of drug-likeness (QED) is 0.645. The summed E-state index contributed by atoms with van der Waals surface area (Å²) in [4.78, 5) is 21.6. The van der Waals surface area contributed by atoms with Crippen LogP contribution in [0.4, 0.5) is 10.5 Å². The normalized spacial score (nSPS) is 11.6. The Kier molecular flexibility index (Phi) is 4.74. The van der Waals surface area contributed by atoms with E-state index in [-0.39, 0.29) is 6.54 Å². The molecule has 4 N–H and O–H groups in total. The van der Waals surface area contributed by atoms with Crippen molar-refractivity contribution in [2.45, 2.75) is 6.10 Å². The summed E-state index contributed by atoms with van der Waals surface area (Å²) in [5.74, 6) is -1.40. The predicted octanol–water partition coefficient (Wildman–Crippen LogP) is 0.907. The first-order valence-electron chi connectivity index (χ1n) is 4.71.